The summed E-state index contributed by atoms with van der Waals surface area (Å²) in [7, 11) is 0. The highest BCUT2D eigenvalue weighted by molar-refractivity contribution is 5.94. The number of ether oxygens (including phenoxy) is 1. The molecule has 130 valence electrons. The van der Waals surface area contributed by atoms with Gasteiger partial charge in [0.05, 0.1) is 11.3 Å². The lowest BCUT2D eigenvalue weighted by molar-refractivity contribution is 0.0952. The number of unbranched alkanes of at least 4 members (excludes halogenated alkanes) is 3. The molecule has 0 saturated carbocycles. The lowest BCUT2D eigenvalue weighted by atomic mass is 10.2. The van der Waals surface area contributed by atoms with Gasteiger partial charge in [0, 0.05) is 12.1 Å². The fourth-order valence-corrected chi connectivity index (χ4v) is 2.45. The van der Waals surface area contributed by atoms with Crippen LogP contribution in [0, 0.1) is 13.8 Å². The highest BCUT2D eigenvalue weighted by Crippen LogP contribution is 2.18. The average Bonchev–Trinajstić information content (AvgIpc) is 2.91. The molecule has 1 heterocycles. The number of benzene rings is 1. The first-order valence-electron chi connectivity index (χ1n) is 8.54. The van der Waals surface area contributed by atoms with E-state index in [4.69, 9.17) is 9.26 Å². The third-order valence-electron chi connectivity index (χ3n) is 3.98. The second-order valence-corrected chi connectivity index (χ2v) is 5.94. The van der Waals surface area contributed by atoms with E-state index in [1.807, 2.05) is 26.0 Å². The topological polar surface area (TPSA) is 64.4 Å². The lowest BCUT2D eigenvalue weighted by Crippen LogP contribution is -2.24. The Kier molecular flexibility index (Phi) is 6.85. The summed E-state index contributed by atoms with van der Waals surface area (Å²) in [6.45, 7) is 7.01. The normalized spacial score (nSPS) is 10.6. The number of amides is 1. The van der Waals surface area contributed by atoms with Gasteiger partial charge in [-0.25, -0.2) is 0 Å². The molecule has 1 aromatic carbocycles. The SMILES string of the molecule is CCCCCCNC(=O)c1cccc(OCc2c(C)noc2C)c1. The fraction of sp³-hybridized carbons (Fsp3) is 0.474. The smallest absolute Gasteiger partial charge is 0.251 e. The second kappa shape index (κ2) is 9.11. The van der Waals surface area contributed by atoms with Gasteiger partial charge < -0.3 is 14.6 Å². The number of nitrogens with zero attached hydrogens (tertiary/aromatic N) is 1. The van der Waals surface area contributed by atoms with Gasteiger partial charge in [0.25, 0.3) is 5.91 Å². The zero-order valence-corrected chi connectivity index (χ0v) is 14.7. The summed E-state index contributed by atoms with van der Waals surface area (Å²) in [5, 5.41) is 6.86. The molecule has 1 aromatic heterocycles. The molecule has 2 rings (SSSR count). The molecule has 0 radical (unpaired) electrons. The molecule has 0 aliphatic carbocycles. The Labute approximate surface area is 143 Å². The number of aryl methyl sites for hydroxylation is 2. The van der Waals surface area contributed by atoms with E-state index in [0.29, 0.717) is 24.5 Å². The summed E-state index contributed by atoms with van der Waals surface area (Å²) in [6.07, 6.45) is 4.57. The van der Waals surface area contributed by atoms with Crippen molar-refractivity contribution in [1.82, 2.24) is 10.5 Å². The van der Waals surface area contributed by atoms with Crippen molar-refractivity contribution >= 4 is 5.91 Å². The van der Waals surface area contributed by atoms with Crippen molar-refractivity contribution in [2.75, 3.05) is 6.54 Å². The molecule has 24 heavy (non-hydrogen) atoms. The first kappa shape index (κ1) is 18.0. The summed E-state index contributed by atoms with van der Waals surface area (Å²) < 4.78 is 10.9. The minimum atomic E-state index is -0.0608. The summed E-state index contributed by atoms with van der Waals surface area (Å²) in [5.74, 6) is 1.36. The molecule has 1 N–H and O–H groups in total. The summed E-state index contributed by atoms with van der Waals surface area (Å²) in [4.78, 5) is 12.2. The Hall–Kier alpha value is -2.30. The Bertz CT molecular complexity index is 645. The van der Waals surface area contributed by atoms with Crippen LogP contribution in [0.2, 0.25) is 0 Å². The first-order chi connectivity index (χ1) is 11.6. The zero-order valence-electron chi connectivity index (χ0n) is 14.7. The Morgan fingerprint density at radius 3 is 2.79 bits per heavy atom. The molecule has 2 aromatic rings. The van der Waals surface area contributed by atoms with Crippen LogP contribution in [0.3, 0.4) is 0 Å². The molecule has 5 nitrogen and oxygen atoms in total. The molecule has 0 spiro atoms. The molecule has 0 saturated heterocycles. The van der Waals surface area contributed by atoms with E-state index in [9.17, 15) is 4.79 Å². The van der Waals surface area contributed by atoms with Crippen molar-refractivity contribution in [3.05, 3.63) is 46.8 Å². The van der Waals surface area contributed by atoms with Crippen molar-refractivity contribution in [2.24, 2.45) is 0 Å². The molecule has 0 unspecified atom stereocenters. The number of hydrogen-bond acceptors (Lipinski definition) is 4. The van der Waals surface area contributed by atoms with E-state index < -0.39 is 0 Å². The predicted molar refractivity (Wildman–Crippen MR) is 93.2 cm³/mol. The maximum Gasteiger partial charge on any atom is 0.251 e. The minimum Gasteiger partial charge on any atom is -0.489 e. The monoisotopic (exact) mass is 330 g/mol. The predicted octanol–water partition coefficient (Wildman–Crippen LogP) is 4.18. The molecule has 0 aliphatic heterocycles. The van der Waals surface area contributed by atoms with Crippen molar-refractivity contribution < 1.29 is 14.1 Å². The zero-order chi connectivity index (χ0) is 17.4. The third-order valence-corrected chi connectivity index (χ3v) is 3.98. The van der Waals surface area contributed by atoms with Gasteiger partial charge in [0.15, 0.2) is 0 Å². The largest absolute Gasteiger partial charge is 0.489 e. The number of hydrogen-bond donors (Lipinski definition) is 1. The molecular formula is C19H26N2O3. The van der Waals surface area contributed by atoms with Crippen LogP contribution in [0.15, 0.2) is 28.8 Å². The standard InChI is InChI=1S/C19H26N2O3/c1-4-5-6-7-11-20-19(22)16-9-8-10-17(12-16)23-13-18-14(2)21-24-15(18)3/h8-10,12H,4-7,11,13H2,1-3H3,(H,20,22). The Balaban J connectivity index is 1.87. The average molecular weight is 330 g/mol. The van der Waals surface area contributed by atoms with Crippen LogP contribution in [0.25, 0.3) is 0 Å². The van der Waals surface area contributed by atoms with Gasteiger partial charge in [-0.15, -0.1) is 0 Å². The number of carbonyl (C=O) groups is 1. The van der Waals surface area contributed by atoms with E-state index in [-0.39, 0.29) is 5.91 Å². The van der Waals surface area contributed by atoms with E-state index in [0.717, 1.165) is 29.9 Å². The van der Waals surface area contributed by atoms with Gasteiger partial charge in [-0.2, -0.15) is 0 Å². The molecule has 5 heteroatoms. The van der Waals surface area contributed by atoms with Crippen molar-refractivity contribution in [3.63, 3.8) is 0 Å². The van der Waals surface area contributed by atoms with Crippen LogP contribution < -0.4 is 10.1 Å². The number of rotatable bonds is 9. The quantitative estimate of drug-likeness (QED) is 0.701. The molecular weight excluding hydrogens is 304 g/mol. The van der Waals surface area contributed by atoms with Crippen LogP contribution in [0.4, 0.5) is 0 Å². The van der Waals surface area contributed by atoms with Crippen molar-refractivity contribution in [3.8, 4) is 5.75 Å². The molecule has 0 bridgehead atoms. The van der Waals surface area contributed by atoms with Crippen LogP contribution in [0.1, 0.15) is 60.0 Å². The van der Waals surface area contributed by atoms with Crippen molar-refractivity contribution in [2.45, 2.75) is 53.1 Å². The number of aromatic nitrogens is 1. The van der Waals surface area contributed by atoms with Crippen LogP contribution in [-0.2, 0) is 6.61 Å². The van der Waals surface area contributed by atoms with Gasteiger partial charge in [-0.05, 0) is 38.5 Å². The molecule has 1 amide bonds. The van der Waals surface area contributed by atoms with Gasteiger partial charge in [0.1, 0.15) is 18.1 Å². The van der Waals surface area contributed by atoms with E-state index in [1.54, 1.807) is 12.1 Å². The van der Waals surface area contributed by atoms with Gasteiger partial charge >= 0.3 is 0 Å². The van der Waals surface area contributed by atoms with Gasteiger partial charge in [0.2, 0.25) is 0 Å². The van der Waals surface area contributed by atoms with Crippen LogP contribution in [0.5, 0.6) is 5.75 Å². The summed E-state index contributed by atoms with van der Waals surface area (Å²) in [5.41, 5.74) is 2.39. The van der Waals surface area contributed by atoms with E-state index >= 15 is 0 Å². The minimum absolute atomic E-state index is 0.0608. The maximum atomic E-state index is 12.2. The third kappa shape index (κ3) is 5.11. The highest BCUT2D eigenvalue weighted by Gasteiger charge is 2.11. The fourth-order valence-electron chi connectivity index (χ4n) is 2.45. The van der Waals surface area contributed by atoms with Crippen LogP contribution >= 0.6 is 0 Å². The summed E-state index contributed by atoms with van der Waals surface area (Å²) >= 11 is 0. The Morgan fingerprint density at radius 2 is 2.08 bits per heavy atom. The summed E-state index contributed by atoms with van der Waals surface area (Å²) in [6, 6.07) is 7.23. The molecule has 0 fully saturated rings. The van der Waals surface area contributed by atoms with E-state index in [2.05, 4.69) is 17.4 Å². The molecule has 0 aliphatic rings. The van der Waals surface area contributed by atoms with Crippen LogP contribution in [-0.4, -0.2) is 17.6 Å². The van der Waals surface area contributed by atoms with Gasteiger partial charge in [-0.3, -0.25) is 4.79 Å². The Morgan fingerprint density at radius 1 is 1.25 bits per heavy atom. The molecule has 0 atom stereocenters. The maximum absolute atomic E-state index is 12.2. The highest BCUT2D eigenvalue weighted by atomic mass is 16.5. The lowest BCUT2D eigenvalue weighted by Gasteiger charge is -2.09. The van der Waals surface area contributed by atoms with Crippen molar-refractivity contribution in [1.29, 1.82) is 0 Å². The second-order valence-electron chi connectivity index (χ2n) is 5.94. The number of nitrogens with one attached hydrogen (secondary N) is 1. The van der Waals surface area contributed by atoms with E-state index in [1.165, 1.54) is 12.8 Å². The first-order valence-corrected chi connectivity index (χ1v) is 8.54. The van der Waals surface area contributed by atoms with Gasteiger partial charge in [-0.1, -0.05) is 37.4 Å². The number of carbonyl (C=O) groups excluding carboxylic acids is 1.